The number of nitrogens with zero attached hydrogens (tertiary/aromatic N) is 2. The monoisotopic (exact) mass is 480 g/mol. The van der Waals surface area contributed by atoms with Crippen LogP contribution in [0, 0.1) is 8.99 Å². The minimum atomic E-state index is -1.18. The van der Waals surface area contributed by atoms with Gasteiger partial charge in [0.15, 0.2) is 5.82 Å². The molecular weight excluding hydrogens is 459 g/mol. The number of aromatic nitrogens is 2. The van der Waals surface area contributed by atoms with E-state index in [2.05, 4.69) is 16.4 Å². The Morgan fingerprint density at radius 3 is 2.74 bits per heavy atom. The molecule has 1 saturated heterocycles. The summed E-state index contributed by atoms with van der Waals surface area (Å²) in [4.78, 5) is 29.4. The third-order valence-corrected chi connectivity index (χ3v) is 6.67. The van der Waals surface area contributed by atoms with Gasteiger partial charge in [0.25, 0.3) is 5.56 Å². The first kappa shape index (κ1) is 18.4. The van der Waals surface area contributed by atoms with E-state index >= 15 is 0 Å². The number of benzene rings is 1. The Balaban J connectivity index is 2.08. The van der Waals surface area contributed by atoms with Crippen LogP contribution >= 0.6 is 22.6 Å². The molecule has 0 radical (unpaired) electrons. The van der Waals surface area contributed by atoms with Crippen molar-refractivity contribution >= 4 is 28.7 Å². The number of nitrogens with two attached hydrogens (primary N) is 1. The highest BCUT2D eigenvalue weighted by atomic mass is 127. The fourth-order valence-corrected chi connectivity index (χ4v) is 5.29. The van der Waals surface area contributed by atoms with Crippen molar-refractivity contribution in [1.29, 1.82) is 0 Å². The number of hydrogen-bond acceptors (Lipinski definition) is 5. The number of ether oxygens (including phenoxy) is 1. The number of nitrogens with one attached hydrogen (secondary N) is 1. The van der Waals surface area contributed by atoms with Gasteiger partial charge in [-0.1, -0.05) is 24.3 Å². The van der Waals surface area contributed by atoms with Gasteiger partial charge in [0.05, 0.1) is 3.57 Å². The molecule has 1 aromatic heterocycles. The molecule has 1 aliphatic carbocycles. The molecule has 3 N–H and O–H groups in total. The number of carbonyl (C=O) groups excluding carboxylic acids is 1. The molecule has 142 valence electrons. The molecule has 1 aromatic carbocycles. The number of rotatable bonds is 2. The van der Waals surface area contributed by atoms with Gasteiger partial charge in [-0.25, -0.2) is 9.78 Å². The Hall–Kier alpha value is -1.94. The maximum absolute atomic E-state index is 12.7. The summed E-state index contributed by atoms with van der Waals surface area (Å²) in [5, 5.41) is 3.38. The van der Waals surface area contributed by atoms with Crippen LogP contribution in [0.2, 0.25) is 0 Å². The lowest BCUT2D eigenvalue weighted by Crippen LogP contribution is -2.55. The van der Waals surface area contributed by atoms with Crippen LogP contribution in [0.1, 0.15) is 29.8 Å². The third-order valence-electron chi connectivity index (χ3n) is 5.93. The Morgan fingerprint density at radius 1 is 1.33 bits per heavy atom. The molecular formula is C19H21IN4O3. The fraction of sp³-hybridized carbons (Fsp3) is 0.421. The molecule has 2 aliphatic rings. The van der Waals surface area contributed by atoms with E-state index < -0.39 is 17.1 Å². The van der Waals surface area contributed by atoms with Gasteiger partial charge < -0.3 is 15.8 Å². The first-order chi connectivity index (χ1) is 12.9. The quantitative estimate of drug-likeness (QED) is 0.638. The minimum absolute atomic E-state index is 0.165. The molecule has 1 atom stereocenters. The normalized spacial score (nSPS) is 23.2. The zero-order chi connectivity index (χ0) is 19.2. The molecule has 7 nitrogen and oxygen atoms in total. The number of primary amides is 1. The number of carbonyl (C=O) groups is 1. The summed E-state index contributed by atoms with van der Waals surface area (Å²) in [6.45, 7) is 1.60. The largest absolute Gasteiger partial charge is 0.429 e. The SMILES string of the molecule is Cn1c(C2(OC(N)=O)c3ccccc3CC23CCNCC3)ncc(I)c1=O. The van der Waals surface area contributed by atoms with Crippen LogP contribution in [0.3, 0.4) is 0 Å². The van der Waals surface area contributed by atoms with Crippen molar-refractivity contribution < 1.29 is 9.53 Å². The molecule has 2 heterocycles. The van der Waals surface area contributed by atoms with Gasteiger partial charge in [-0.3, -0.25) is 9.36 Å². The van der Waals surface area contributed by atoms with Crippen molar-refractivity contribution in [3.05, 3.63) is 61.3 Å². The second-order valence-corrected chi connectivity index (χ2v) is 8.42. The zero-order valence-electron chi connectivity index (χ0n) is 15.0. The van der Waals surface area contributed by atoms with E-state index in [4.69, 9.17) is 10.5 Å². The van der Waals surface area contributed by atoms with E-state index in [9.17, 15) is 9.59 Å². The third kappa shape index (κ3) is 2.60. The summed E-state index contributed by atoms with van der Waals surface area (Å²) in [5.74, 6) is 0.429. The highest BCUT2D eigenvalue weighted by Gasteiger charge is 2.63. The highest BCUT2D eigenvalue weighted by Crippen LogP contribution is 2.59. The van der Waals surface area contributed by atoms with E-state index in [0.29, 0.717) is 9.39 Å². The zero-order valence-corrected chi connectivity index (χ0v) is 17.2. The molecule has 1 fully saturated rings. The Kier molecular flexibility index (Phi) is 4.50. The van der Waals surface area contributed by atoms with Gasteiger partial charge in [-0.2, -0.15) is 0 Å². The first-order valence-electron chi connectivity index (χ1n) is 8.91. The smallest absolute Gasteiger partial charge is 0.405 e. The predicted octanol–water partition coefficient (Wildman–Crippen LogP) is 1.65. The number of piperidine rings is 1. The maximum atomic E-state index is 12.7. The molecule has 1 spiro atoms. The predicted molar refractivity (Wildman–Crippen MR) is 108 cm³/mol. The van der Waals surface area contributed by atoms with E-state index in [-0.39, 0.29) is 5.56 Å². The van der Waals surface area contributed by atoms with E-state index in [1.807, 2.05) is 40.8 Å². The van der Waals surface area contributed by atoms with Crippen LogP contribution in [0.25, 0.3) is 0 Å². The first-order valence-corrected chi connectivity index (χ1v) is 9.99. The minimum Gasteiger partial charge on any atom is -0.429 e. The van der Waals surface area contributed by atoms with Gasteiger partial charge in [-0.15, -0.1) is 0 Å². The summed E-state index contributed by atoms with van der Waals surface area (Å²) in [7, 11) is 1.68. The average molecular weight is 480 g/mol. The topological polar surface area (TPSA) is 99.2 Å². The average Bonchev–Trinajstić information content (AvgIpc) is 2.90. The number of hydrogen-bond donors (Lipinski definition) is 2. The molecule has 1 unspecified atom stereocenters. The maximum Gasteiger partial charge on any atom is 0.405 e. The molecule has 0 saturated carbocycles. The molecule has 8 heteroatoms. The lowest BCUT2D eigenvalue weighted by Gasteiger charge is -2.47. The molecule has 4 rings (SSSR count). The summed E-state index contributed by atoms with van der Waals surface area (Å²) in [6, 6.07) is 7.91. The van der Waals surface area contributed by atoms with Crippen molar-refractivity contribution in [2.75, 3.05) is 13.1 Å². The van der Waals surface area contributed by atoms with Crippen molar-refractivity contribution in [3.8, 4) is 0 Å². The van der Waals surface area contributed by atoms with E-state index in [1.165, 1.54) is 4.57 Å². The second kappa shape index (κ2) is 6.59. The highest BCUT2D eigenvalue weighted by molar-refractivity contribution is 14.1. The molecule has 27 heavy (non-hydrogen) atoms. The Bertz CT molecular complexity index is 968. The molecule has 0 bridgehead atoms. The van der Waals surface area contributed by atoms with Crippen molar-refractivity contribution in [2.24, 2.45) is 18.2 Å². The molecule has 1 aliphatic heterocycles. The van der Waals surface area contributed by atoms with Crippen molar-refractivity contribution in [1.82, 2.24) is 14.9 Å². The summed E-state index contributed by atoms with van der Waals surface area (Å²) >= 11 is 1.97. The summed E-state index contributed by atoms with van der Waals surface area (Å²) in [5.41, 5.74) is 5.79. The second-order valence-electron chi connectivity index (χ2n) is 7.26. The van der Waals surface area contributed by atoms with Crippen LogP contribution in [0.5, 0.6) is 0 Å². The Morgan fingerprint density at radius 2 is 2.04 bits per heavy atom. The van der Waals surface area contributed by atoms with Crippen LogP contribution in [0.15, 0.2) is 35.3 Å². The number of amides is 1. The van der Waals surface area contributed by atoms with Crippen LogP contribution < -0.4 is 16.6 Å². The van der Waals surface area contributed by atoms with Crippen LogP contribution in [-0.4, -0.2) is 28.7 Å². The van der Waals surface area contributed by atoms with E-state index in [0.717, 1.165) is 43.5 Å². The fourth-order valence-electron chi connectivity index (χ4n) is 4.79. The summed E-state index contributed by atoms with van der Waals surface area (Å²) < 4.78 is 7.98. The lowest BCUT2D eigenvalue weighted by molar-refractivity contribution is -0.0752. The molecule has 1 amide bonds. The van der Waals surface area contributed by atoms with Gasteiger partial charge in [-0.05, 0) is 60.5 Å². The lowest BCUT2D eigenvalue weighted by atomic mass is 9.65. The van der Waals surface area contributed by atoms with Gasteiger partial charge in [0.1, 0.15) is 0 Å². The summed E-state index contributed by atoms with van der Waals surface area (Å²) in [6.07, 6.45) is 3.01. The van der Waals surface area contributed by atoms with Crippen LogP contribution in [0.4, 0.5) is 4.79 Å². The van der Waals surface area contributed by atoms with E-state index in [1.54, 1.807) is 13.2 Å². The van der Waals surface area contributed by atoms with Gasteiger partial charge >= 0.3 is 6.09 Å². The Labute approximate surface area is 170 Å². The van der Waals surface area contributed by atoms with Gasteiger partial charge in [0.2, 0.25) is 5.60 Å². The number of fused-ring (bicyclic) bond motifs is 1. The van der Waals surface area contributed by atoms with Crippen molar-refractivity contribution in [3.63, 3.8) is 0 Å². The van der Waals surface area contributed by atoms with Crippen LogP contribution in [-0.2, 0) is 23.8 Å². The van der Waals surface area contributed by atoms with Crippen molar-refractivity contribution in [2.45, 2.75) is 24.9 Å². The van der Waals surface area contributed by atoms with Gasteiger partial charge in [0, 0.05) is 24.2 Å². The number of halogens is 1. The molecule has 2 aromatic rings. The standard InChI is InChI=1S/C19H21IN4O3/c1-24-15(25)14(20)11-23-16(24)19(27-17(21)26)13-5-3-2-4-12(13)10-18(19)6-8-22-9-7-18/h2-5,11,22H,6-10H2,1H3,(H2,21,26).